The van der Waals surface area contributed by atoms with Gasteiger partial charge in [0.2, 0.25) is 5.91 Å². The van der Waals surface area contributed by atoms with Gasteiger partial charge in [0, 0.05) is 18.5 Å². The Balaban J connectivity index is 2.07. The summed E-state index contributed by atoms with van der Waals surface area (Å²) in [4.78, 5) is 27.6. The van der Waals surface area contributed by atoms with Crippen LogP contribution in [0.1, 0.15) is 38.3 Å². The maximum Gasteiger partial charge on any atom is 0.472 e. The number of phosphoric ester groups is 1. The van der Waals surface area contributed by atoms with Crippen molar-refractivity contribution in [1.82, 2.24) is 4.90 Å². The maximum atomic E-state index is 12.5. The SMILES string of the molecule is [C-]#[N+]c1ccc2c(c1)[C@@H](N1CCCC1=O)[C@H](OP(=O)(O)OCCO)C(C)(C)O2. The summed E-state index contributed by atoms with van der Waals surface area (Å²) in [6, 6.07) is 4.18. The molecule has 1 saturated heterocycles. The molecule has 1 aromatic rings. The molecule has 152 valence electrons. The third-order valence-electron chi connectivity index (χ3n) is 4.82. The number of benzene rings is 1. The molecule has 0 aliphatic carbocycles. The van der Waals surface area contributed by atoms with Gasteiger partial charge in [0.15, 0.2) is 5.69 Å². The zero-order valence-electron chi connectivity index (χ0n) is 15.7. The number of rotatable bonds is 6. The number of hydrogen-bond donors (Lipinski definition) is 2. The molecule has 0 saturated carbocycles. The summed E-state index contributed by atoms with van der Waals surface area (Å²) in [5.74, 6) is 0.394. The molecule has 28 heavy (non-hydrogen) atoms. The summed E-state index contributed by atoms with van der Waals surface area (Å²) in [5.41, 5.74) is -0.155. The number of hydrogen-bond acceptors (Lipinski definition) is 6. The van der Waals surface area contributed by atoms with Crippen molar-refractivity contribution in [2.24, 2.45) is 0 Å². The van der Waals surface area contributed by atoms with E-state index in [1.165, 1.54) is 0 Å². The Hall–Kier alpha value is -1.95. The number of nitrogens with zero attached hydrogens (tertiary/aromatic N) is 2. The van der Waals surface area contributed by atoms with E-state index in [1.807, 2.05) is 0 Å². The predicted octanol–water partition coefficient (Wildman–Crippen LogP) is 2.57. The lowest BCUT2D eigenvalue weighted by Crippen LogP contribution is -2.54. The van der Waals surface area contributed by atoms with Crippen molar-refractivity contribution in [2.75, 3.05) is 19.8 Å². The minimum atomic E-state index is -4.52. The molecule has 0 aromatic heterocycles. The maximum absolute atomic E-state index is 12.5. The minimum absolute atomic E-state index is 0.0977. The average Bonchev–Trinajstić information content (AvgIpc) is 3.05. The largest absolute Gasteiger partial charge is 0.485 e. The second-order valence-corrected chi connectivity index (χ2v) is 8.63. The standard InChI is InChI=1S/C18H23N2O7P/c1-18(2)17(27-28(23,24)25-10-9-21)16(20-8-4-5-15(20)22)13-11-12(19-3)6-7-14(13)26-18/h6-7,11,16-17,21H,4-5,8-10H2,1-2H3,(H,23,24)/t16-,17+/m1/s1. The van der Waals surface area contributed by atoms with Crippen molar-refractivity contribution < 1.29 is 33.1 Å². The molecule has 3 rings (SSSR count). The molecule has 2 aliphatic rings. The highest BCUT2D eigenvalue weighted by molar-refractivity contribution is 7.47. The molecule has 2 heterocycles. The van der Waals surface area contributed by atoms with E-state index in [4.69, 9.17) is 25.5 Å². The van der Waals surface area contributed by atoms with Crippen molar-refractivity contribution in [3.63, 3.8) is 0 Å². The summed E-state index contributed by atoms with van der Waals surface area (Å²) in [7, 11) is -4.52. The zero-order chi connectivity index (χ0) is 20.5. The molecule has 1 fully saturated rings. The number of amides is 1. The minimum Gasteiger partial charge on any atom is -0.485 e. The van der Waals surface area contributed by atoms with Crippen LogP contribution in [0.15, 0.2) is 18.2 Å². The Morgan fingerprint density at radius 3 is 2.82 bits per heavy atom. The lowest BCUT2D eigenvalue weighted by molar-refractivity contribution is -0.139. The number of carbonyl (C=O) groups is 1. The number of ether oxygens (including phenoxy) is 1. The van der Waals surface area contributed by atoms with Gasteiger partial charge in [0.1, 0.15) is 17.5 Å². The number of likely N-dealkylation sites (tertiary alicyclic amines) is 1. The van der Waals surface area contributed by atoms with E-state index < -0.39 is 32.2 Å². The van der Waals surface area contributed by atoms with Crippen LogP contribution < -0.4 is 4.74 Å². The first-order valence-electron chi connectivity index (χ1n) is 8.95. The predicted molar refractivity (Wildman–Crippen MR) is 98.8 cm³/mol. The van der Waals surface area contributed by atoms with Gasteiger partial charge >= 0.3 is 7.82 Å². The molecule has 3 atom stereocenters. The van der Waals surface area contributed by atoms with Crippen LogP contribution in [-0.4, -0.2) is 52.3 Å². The van der Waals surface area contributed by atoms with Gasteiger partial charge in [-0.05, 0) is 32.4 Å². The second-order valence-electron chi connectivity index (χ2n) is 7.23. The fraction of sp³-hybridized carbons (Fsp3) is 0.556. The molecule has 1 unspecified atom stereocenters. The highest BCUT2D eigenvalue weighted by Crippen LogP contribution is 2.53. The molecule has 2 N–H and O–H groups in total. The number of aliphatic hydroxyl groups excluding tert-OH is 1. The van der Waals surface area contributed by atoms with Gasteiger partial charge in [0.05, 0.1) is 25.8 Å². The van der Waals surface area contributed by atoms with Gasteiger partial charge in [0.25, 0.3) is 0 Å². The van der Waals surface area contributed by atoms with Crippen molar-refractivity contribution in [2.45, 2.75) is 44.4 Å². The molecule has 1 aromatic carbocycles. The second kappa shape index (κ2) is 7.82. The van der Waals surface area contributed by atoms with E-state index in [0.717, 1.165) is 0 Å². The van der Waals surface area contributed by atoms with Gasteiger partial charge in [-0.25, -0.2) is 9.41 Å². The number of aliphatic hydroxyl groups is 1. The summed E-state index contributed by atoms with van der Waals surface area (Å²) in [5, 5.41) is 8.87. The van der Waals surface area contributed by atoms with E-state index in [0.29, 0.717) is 36.4 Å². The average molecular weight is 410 g/mol. The summed E-state index contributed by atoms with van der Waals surface area (Å²) in [6.45, 7) is 10.3. The molecule has 10 heteroatoms. The number of carbonyl (C=O) groups excluding carboxylic acids is 1. The molecular formula is C18H23N2O7P. The van der Waals surface area contributed by atoms with E-state index in [9.17, 15) is 14.3 Å². The van der Waals surface area contributed by atoms with Crippen LogP contribution in [0.2, 0.25) is 0 Å². The Labute approximate surface area is 163 Å². The van der Waals surface area contributed by atoms with Crippen LogP contribution in [0.5, 0.6) is 5.75 Å². The van der Waals surface area contributed by atoms with Crippen LogP contribution in [-0.2, 0) is 18.4 Å². The van der Waals surface area contributed by atoms with Crippen LogP contribution >= 0.6 is 7.82 Å². The van der Waals surface area contributed by atoms with Gasteiger partial charge in [-0.3, -0.25) is 13.8 Å². The molecule has 9 nitrogen and oxygen atoms in total. The fourth-order valence-electron chi connectivity index (χ4n) is 3.62. The smallest absolute Gasteiger partial charge is 0.472 e. The molecule has 0 spiro atoms. The first-order valence-corrected chi connectivity index (χ1v) is 10.4. The van der Waals surface area contributed by atoms with Gasteiger partial charge < -0.3 is 19.6 Å². The van der Waals surface area contributed by atoms with Crippen molar-refractivity contribution >= 4 is 19.4 Å². The molecule has 0 bridgehead atoms. The quantitative estimate of drug-likeness (QED) is 0.548. The third-order valence-corrected chi connectivity index (χ3v) is 5.83. The molecule has 2 aliphatic heterocycles. The van der Waals surface area contributed by atoms with Crippen molar-refractivity contribution in [3.8, 4) is 5.75 Å². The van der Waals surface area contributed by atoms with Crippen LogP contribution in [0.4, 0.5) is 5.69 Å². The first-order chi connectivity index (χ1) is 13.2. The van der Waals surface area contributed by atoms with E-state index in [-0.39, 0.29) is 12.5 Å². The zero-order valence-corrected chi connectivity index (χ0v) is 16.6. The molecular weight excluding hydrogens is 387 g/mol. The lowest BCUT2D eigenvalue weighted by Gasteiger charge is -2.47. The molecule has 0 radical (unpaired) electrons. The Morgan fingerprint density at radius 1 is 1.46 bits per heavy atom. The Morgan fingerprint density at radius 2 is 2.21 bits per heavy atom. The first kappa shape index (κ1) is 20.8. The summed E-state index contributed by atoms with van der Waals surface area (Å²) < 4.78 is 28.7. The lowest BCUT2D eigenvalue weighted by atomic mass is 9.85. The highest BCUT2D eigenvalue weighted by Gasteiger charge is 2.51. The van der Waals surface area contributed by atoms with Gasteiger partial charge in [-0.2, -0.15) is 0 Å². The topological polar surface area (TPSA) is 110 Å². The fourth-order valence-corrected chi connectivity index (χ4v) is 4.65. The summed E-state index contributed by atoms with van der Waals surface area (Å²) >= 11 is 0. The highest BCUT2D eigenvalue weighted by atomic mass is 31.2. The molecule has 1 amide bonds. The van der Waals surface area contributed by atoms with Crippen LogP contribution in [0.25, 0.3) is 4.85 Å². The van der Waals surface area contributed by atoms with Gasteiger partial charge in [-0.1, -0.05) is 6.07 Å². The Bertz CT molecular complexity index is 851. The van der Waals surface area contributed by atoms with Crippen molar-refractivity contribution in [3.05, 3.63) is 35.2 Å². The normalized spacial score (nSPS) is 25.5. The van der Waals surface area contributed by atoms with E-state index in [1.54, 1.807) is 36.9 Å². The Kier molecular flexibility index (Phi) is 5.80. The summed E-state index contributed by atoms with van der Waals surface area (Å²) in [6.07, 6.45) is 0.0108. The monoisotopic (exact) mass is 410 g/mol. The van der Waals surface area contributed by atoms with E-state index >= 15 is 0 Å². The van der Waals surface area contributed by atoms with Crippen molar-refractivity contribution in [1.29, 1.82) is 0 Å². The number of fused-ring (bicyclic) bond motifs is 1. The van der Waals surface area contributed by atoms with E-state index in [2.05, 4.69) is 4.85 Å². The van der Waals surface area contributed by atoms with Gasteiger partial charge in [-0.15, -0.1) is 0 Å². The third kappa shape index (κ3) is 4.07. The van der Waals surface area contributed by atoms with Crippen LogP contribution in [0, 0.1) is 6.57 Å². The van der Waals surface area contributed by atoms with Crippen LogP contribution in [0.3, 0.4) is 0 Å². The number of phosphoric acid groups is 1.